The van der Waals surface area contributed by atoms with Gasteiger partial charge in [0.1, 0.15) is 10.6 Å². The number of nitrogens with one attached hydrogen (secondary N) is 2. The Kier molecular flexibility index (Phi) is 9.15. The monoisotopic (exact) mass is 550 g/mol. The maximum atomic E-state index is 13.7. The predicted molar refractivity (Wildman–Crippen MR) is 139 cm³/mol. The van der Waals surface area contributed by atoms with Crippen LogP contribution in [0.3, 0.4) is 0 Å². The zero-order chi connectivity index (χ0) is 28.1. The van der Waals surface area contributed by atoms with E-state index in [-0.39, 0.29) is 34.0 Å². The Morgan fingerprint density at radius 1 is 1.03 bits per heavy atom. The number of hydrogen-bond acceptors (Lipinski definition) is 6. The van der Waals surface area contributed by atoms with Crippen LogP contribution in [0, 0.1) is 0 Å². The summed E-state index contributed by atoms with van der Waals surface area (Å²) in [6, 6.07) is 13.7. The van der Waals surface area contributed by atoms with Crippen LogP contribution in [0.15, 0.2) is 65.6 Å². The molecule has 0 heterocycles. The highest BCUT2D eigenvalue weighted by atomic mass is 32.2. The number of rotatable bonds is 10. The first-order chi connectivity index (χ1) is 17.8. The summed E-state index contributed by atoms with van der Waals surface area (Å²) < 4.78 is 69.7. The lowest BCUT2D eigenvalue weighted by atomic mass is 9.93. The average molecular weight is 551 g/mol. The van der Waals surface area contributed by atoms with Gasteiger partial charge in [-0.05, 0) is 61.1 Å². The number of hydrogen-bond donors (Lipinski definition) is 3. The molecule has 4 N–H and O–H groups in total. The Morgan fingerprint density at radius 2 is 1.74 bits per heavy atom. The fourth-order valence-electron chi connectivity index (χ4n) is 3.82. The van der Waals surface area contributed by atoms with Crippen LogP contribution in [0.5, 0.6) is 5.75 Å². The van der Waals surface area contributed by atoms with Crippen molar-refractivity contribution >= 4 is 21.6 Å². The number of nitrogens with zero attached hydrogens (tertiary/aromatic N) is 1. The van der Waals surface area contributed by atoms with Crippen molar-refractivity contribution < 1.29 is 31.1 Å². The summed E-state index contributed by atoms with van der Waals surface area (Å²) in [7, 11) is 1.04. The minimum Gasteiger partial charge on any atom is -0.495 e. The van der Waals surface area contributed by atoms with Crippen molar-refractivity contribution in [3.05, 3.63) is 77.4 Å². The molecule has 8 nitrogen and oxygen atoms in total. The second kappa shape index (κ2) is 11.9. The minimum atomic E-state index is -4.55. The molecule has 0 bridgehead atoms. The first-order valence-corrected chi connectivity index (χ1v) is 13.0. The van der Waals surface area contributed by atoms with E-state index < -0.39 is 27.7 Å². The Hall–Kier alpha value is -3.45. The lowest BCUT2D eigenvalue weighted by molar-refractivity contribution is -0.137. The molecule has 0 unspecified atom stereocenters. The number of alkyl halides is 3. The van der Waals surface area contributed by atoms with E-state index in [1.165, 1.54) is 61.7 Å². The number of halogens is 3. The summed E-state index contributed by atoms with van der Waals surface area (Å²) >= 11 is 0. The van der Waals surface area contributed by atoms with E-state index >= 15 is 0 Å². The molecule has 0 fully saturated rings. The number of carbonyl (C=O) groups excluding carboxylic acids is 1. The smallest absolute Gasteiger partial charge is 0.417 e. The van der Waals surface area contributed by atoms with Crippen molar-refractivity contribution in [2.75, 3.05) is 39.6 Å². The number of carbonyl (C=O) groups is 1. The quantitative estimate of drug-likeness (QED) is 0.330. The third kappa shape index (κ3) is 7.32. The van der Waals surface area contributed by atoms with Gasteiger partial charge in [0.25, 0.3) is 5.91 Å². The van der Waals surface area contributed by atoms with Crippen LogP contribution in [0.25, 0.3) is 11.1 Å². The Labute approximate surface area is 219 Å². The number of likely N-dealkylation sites (N-methyl/N-ethyl adjacent to an activating group) is 1. The molecular weight excluding hydrogens is 521 g/mol. The van der Waals surface area contributed by atoms with Gasteiger partial charge in [0.05, 0.1) is 12.7 Å². The molecule has 0 saturated heterocycles. The van der Waals surface area contributed by atoms with Gasteiger partial charge in [-0.2, -0.15) is 13.2 Å². The van der Waals surface area contributed by atoms with Gasteiger partial charge in [0.2, 0.25) is 10.0 Å². The molecule has 3 aromatic carbocycles. The van der Waals surface area contributed by atoms with Crippen molar-refractivity contribution in [2.45, 2.75) is 17.6 Å². The SMILES string of the molecule is COc1cc(NC(=O)c2ccc(-c3ccccc3C(F)(F)F)c(CNCCN(C)C)c2)ccc1S(N)(=O)=O. The number of nitrogens with two attached hydrogens (primary N) is 1. The number of amides is 1. The van der Waals surface area contributed by atoms with E-state index in [0.717, 1.165) is 6.07 Å². The second-order valence-electron chi connectivity index (χ2n) is 8.76. The highest BCUT2D eigenvalue weighted by molar-refractivity contribution is 7.89. The fourth-order valence-corrected chi connectivity index (χ4v) is 4.50. The number of ether oxygens (including phenoxy) is 1. The van der Waals surface area contributed by atoms with E-state index in [1.807, 2.05) is 19.0 Å². The topological polar surface area (TPSA) is 114 Å². The molecule has 204 valence electrons. The average Bonchev–Trinajstić information content (AvgIpc) is 2.85. The lowest BCUT2D eigenvalue weighted by Crippen LogP contribution is -2.26. The van der Waals surface area contributed by atoms with E-state index in [2.05, 4.69) is 10.6 Å². The van der Waals surface area contributed by atoms with Crippen LogP contribution < -0.4 is 20.5 Å². The van der Waals surface area contributed by atoms with E-state index in [4.69, 9.17) is 9.88 Å². The molecule has 3 rings (SSSR count). The third-order valence-corrected chi connectivity index (χ3v) is 6.62. The minimum absolute atomic E-state index is 0.0136. The van der Waals surface area contributed by atoms with Crippen LogP contribution >= 0.6 is 0 Å². The van der Waals surface area contributed by atoms with Gasteiger partial charge in [-0.1, -0.05) is 24.3 Å². The summed E-state index contributed by atoms with van der Waals surface area (Å²) in [5.74, 6) is -0.587. The molecule has 0 aliphatic heterocycles. The number of primary sulfonamides is 1. The van der Waals surface area contributed by atoms with Gasteiger partial charge < -0.3 is 20.3 Å². The normalized spacial score (nSPS) is 12.0. The van der Waals surface area contributed by atoms with Crippen LogP contribution in [-0.2, 0) is 22.7 Å². The first-order valence-electron chi connectivity index (χ1n) is 11.5. The van der Waals surface area contributed by atoms with Crippen LogP contribution in [0.2, 0.25) is 0 Å². The van der Waals surface area contributed by atoms with E-state index in [1.54, 1.807) is 0 Å². The molecule has 1 amide bonds. The van der Waals surface area contributed by atoms with Crippen LogP contribution in [0.1, 0.15) is 21.5 Å². The highest BCUT2D eigenvalue weighted by Crippen LogP contribution is 2.38. The van der Waals surface area contributed by atoms with Crippen molar-refractivity contribution in [2.24, 2.45) is 5.14 Å². The predicted octanol–water partition coefficient (Wildman–Crippen LogP) is 3.93. The largest absolute Gasteiger partial charge is 0.495 e. The summed E-state index contributed by atoms with van der Waals surface area (Å²) in [6.07, 6.45) is -4.55. The molecule has 0 aromatic heterocycles. The van der Waals surface area contributed by atoms with Crippen molar-refractivity contribution in [1.82, 2.24) is 10.2 Å². The molecule has 0 saturated carbocycles. The summed E-state index contributed by atoms with van der Waals surface area (Å²) in [6.45, 7) is 1.53. The Morgan fingerprint density at radius 3 is 2.37 bits per heavy atom. The van der Waals surface area contributed by atoms with Crippen LogP contribution in [0.4, 0.5) is 18.9 Å². The Balaban J connectivity index is 1.97. The molecule has 0 spiro atoms. The fraction of sp³-hybridized carbons (Fsp3) is 0.269. The van der Waals surface area contributed by atoms with Gasteiger partial charge in [0, 0.05) is 37.0 Å². The van der Waals surface area contributed by atoms with Gasteiger partial charge in [-0.15, -0.1) is 0 Å². The molecule has 3 aromatic rings. The number of anilines is 1. The standard InChI is InChI=1S/C26H29F3N4O4S/c1-33(2)13-12-31-16-18-14-17(8-10-20(18)21-6-4-5-7-22(21)26(27,28)29)25(34)32-19-9-11-24(38(30,35)36)23(15-19)37-3/h4-11,14-15,31H,12-13,16H2,1-3H3,(H,32,34)(H2,30,35,36). The number of benzene rings is 3. The number of sulfonamides is 1. The van der Waals surface area contributed by atoms with E-state index in [0.29, 0.717) is 24.2 Å². The first kappa shape index (κ1) is 29.1. The van der Waals surface area contributed by atoms with Gasteiger partial charge in [-0.25, -0.2) is 13.6 Å². The number of methoxy groups -OCH3 is 1. The maximum absolute atomic E-state index is 13.7. The molecule has 0 aliphatic carbocycles. The lowest BCUT2D eigenvalue weighted by Gasteiger charge is -2.18. The van der Waals surface area contributed by atoms with Gasteiger partial charge >= 0.3 is 6.18 Å². The Bertz CT molecular complexity index is 1410. The summed E-state index contributed by atoms with van der Waals surface area (Å²) in [4.78, 5) is 14.8. The summed E-state index contributed by atoms with van der Waals surface area (Å²) in [5, 5.41) is 11.1. The molecular formula is C26H29F3N4O4S. The van der Waals surface area contributed by atoms with Crippen molar-refractivity contribution in [3.63, 3.8) is 0 Å². The van der Waals surface area contributed by atoms with Crippen molar-refractivity contribution in [1.29, 1.82) is 0 Å². The third-order valence-electron chi connectivity index (χ3n) is 5.67. The van der Waals surface area contributed by atoms with Crippen molar-refractivity contribution in [3.8, 4) is 16.9 Å². The molecule has 0 atom stereocenters. The zero-order valence-electron chi connectivity index (χ0n) is 21.1. The second-order valence-corrected chi connectivity index (χ2v) is 10.3. The van der Waals surface area contributed by atoms with Gasteiger partial charge in [-0.3, -0.25) is 4.79 Å². The van der Waals surface area contributed by atoms with Crippen LogP contribution in [-0.4, -0.2) is 53.5 Å². The maximum Gasteiger partial charge on any atom is 0.417 e. The molecule has 12 heteroatoms. The van der Waals surface area contributed by atoms with Gasteiger partial charge in [0.15, 0.2) is 0 Å². The zero-order valence-corrected chi connectivity index (χ0v) is 21.9. The molecule has 0 aliphatic rings. The summed E-state index contributed by atoms with van der Waals surface area (Å²) in [5.41, 5.74) is 0.559. The molecule has 0 radical (unpaired) electrons. The molecule has 38 heavy (non-hydrogen) atoms. The van der Waals surface area contributed by atoms with E-state index in [9.17, 15) is 26.4 Å². The highest BCUT2D eigenvalue weighted by Gasteiger charge is 2.33.